The number of hydrogen-bond acceptors (Lipinski definition) is 2. The second-order valence-electron chi connectivity index (χ2n) is 6.49. The highest BCUT2D eigenvalue weighted by Gasteiger charge is 2.46. The number of carbonyl (C=O) groups excluding carboxylic acids is 1. The van der Waals surface area contributed by atoms with E-state index in [4.69, 9.17) is 5.11 Å². The van der Waals surface area contributed by atoms with E-state index in [0.29, 0.717) is 12.8 Å². The van der Waals surface area contributed by atoms with Crippen LogP contribution in [0.2, 0.25) is 0 Å². The second-order valence-corrected chi connectivity index (χ2v) is 6.49. The third-order valence-electron chi connectivity index (χ3n) is 4.13. The van der Waals surface area contributed by atoms with Gasteiger partial charge in [-0.2, -0.15) is 0 Å². The number of carboxylic acids is 1. The van der Waals surface area contributed by atoms with Crippen molar-refractivity contribution in [2.45, 2.75) is 32.6 Å². The van der Waals surface area contributed by atoms with E-state index in [9.17, 15) is 18.4 Å². The molecular weight excluding hydrogens is 304 g/mol. The van der Waals surface area contributed by atoms with Crippen molar-refractivity contribution in [1.29, 1.82) is 0 Å². The molecule has 0 aromatic heterocycles. The molecule has 3 atom stereocenters. The Labute approximate surface area is 133 Å². The first-order valence-corrected chi connectivity index (χ1v) is 7.75. The fourth-order valence-corrected chi connectivity index (χ4v) is 2.86. The SMILES string of the molecule is CC(C)CC(CNC(=O)C1CC1c1c(F)cccc1F)C(=O)O. The fourth-order valence-electron chi connectivity index (χ4n) is 2.86. The molecule has 1 aliphatic carbocycles. The molecule has 0 spiro atoms. The standard InChI is InChI=1S/C17H21F2NO3/c1-9(2)6-10(17(22)23)8-20-16(21)12-7-11(12)15-13(18)4-3-5-14(15)19/h3-5,9-12H,6-8H2,1-2H3,(H,20,21)(H,22,23). The van der Waals surface area contributed by atoms with Crippen LogP contribution in [0.3, 0.4) is 0 Å². The minimum absolute atomic E-state index is 0.0370. The third kappa shape index (κ3) is 4.27. The third-order valence-corrected chi connectivity index (χ3v) is 4.13. The van der Waals surface area contributed by atoms with Crippen LogP contribution in [0.25, 0.3) is 0 Å². The molecule has 126 valence electrons. The number of aliphatic carboxylic acids is 1. The van der Waals surface area contributed by atoms with Gasteiger partial charge in [0, 0.05) is 23.9 Å². The highest BCUT2D eigenvalue weighted by molar-refractivity contribution is 5.83. The Morgan fingerprint density at radius 1 is 1.30 bits per heavy atom. The van der Waals surface area contributed by atoms with Gasteiger partial charge < -0.3 is 10.4 Å². The summed E-state index contributed by atoms with van der Waals surface area (Å²) < 4.78 is 27.4. The van der Waals surface area contributed by atoms with Gasteiger partial charge >= 0.3 is 5.97 Å². The van der Waals surface area contributed by atoms with E-state index in [-0.39, 0.29) is 23.9 Å². The molecular formula is C17H21F2NO3. The first-order chi connectivity index (χ1) is 10.8. The molecule has 0 heterocycles. The Kier molecular flexibility index (Phi) is 5.34. The molecule has 0 aliphatic heterocycles. The van der Waals surface area contributed by atoms with Gasteiger partial charge in [0.25, 0.3) is 0 Å². The predicted molar refractivity (Wildman–Crippen MR) is 80.8 cm³/mol. The first-order valence-electron chi connectivity index (χ1n) is 7.75. The average molecular weight is 325 g/mol. The summed E-state index contributed by atoms with van der Waals surface area (Å²) in [4.78, 5) is 23.2. The summed E-state index contributed by atoms with van der Waals surface area (Å²) in [6.07, 6.45) is 0.844. The van der Waals surface area contributed by atoms with Crippen molar-refractivity contribution in [3.05, 3.63) is 35.4 Å². The zero-order chi connectivity index (χ0) is 17.1. The van der Waals surface area contributed by atoms with Crippen LogP contribution in [-0.2, 0) is 9.59 Å². The van der Waals surface area contributed by atoms with Crippen LogP contribution in [-0.4, -0.2) is 23.5 Å². The molecule has 23 heavy (non-hydrogen) atoms. The average Bonchev–Trinajstić information content (AvgIpc) is 3.22. The number of rotatable bonds is 7. The van der Waals surface area contributed by atoms with Gasteiger partial charge in [0.1, 0.15) is 11.6 Å². The van der Waals surface area contributed by atoms with E-state index in [2.05, 4.69) is 5.32 Å². The summed E-state index contributed by atoms with van der Waals surface area (Å²) in [5.41, 5.74) is -0.0513. The Balaban J connectivity index is 1.92. The lowest BCUT2D eigenvalue weighted by molar-refractivity contribution is -0.142. The maximum absolute atomic E-state index is 13.7. The second kappa shape index (κ2) is 7.06. The van der Waals surface area contributed by atoms with Gasteiger partial charge in [-0.1, -0.05) is 19.9 Å². The number of carbonyl (C=O) groups is 2. The van der Waals surface area contributed by atoms with Crippen molar-refractivity contribution in [3.63, 3.8) is 0 Å². The molecule has 3 unspecified atom stereocenters. The molecule has 0 radical (unpaired) electrons. The lowest BCUT2D eigenvalue weighted by atomic mass is 9.97. The van der Waals surface area contributed by atoms with Gasteiger partial charge in [0.2, 0.25) is 5.91 Å². The largest absolute Gasteiger partial charge is 0.481 e. The summed E-state index contributed by atoms with van der Waals surface area (Å²) in [6, 6.07) is 3.64. The maximum Gasteiger partial charge on any atom is 0.308 e. The zero-order valence-electron chi connectivity index (χ0n) is 13.2. The van der Waals surface area contributed by atoms with Crippen molar-refractivity contribution in [1.82, 2.24) is 5.32 Å². The molecule has 1 aromatic rings. The van der Waals surface area contributed by atoms with Crippen molar-refractivity contribution in [2.75, 3.05) is 6.54 Å². The van der Waals surface area contributed by atoms with Crippen LogP contribution in [0.15, 0.2) is 18.2 Å². The van der Waals surface area contributed by atoms with Crippen LogP contribution in [0.1, 0.15) is 38.2 Å². The van der Waals surface area contributed by atoms with Crippen molar-refractivity contribution in [3.8, 4) is 0 Å². The van der Waals surface area contributed by atoms with E-state index >= 15 is 0 Å². The first kappa shape index (κ1) is 17.4. The van der Waals surface area contributed by atoms with Crippen molar-refractivity contribution >= 4 is 11.9 Å². The number of nitrogens with one attached hydrogen (secondary N) is 1. The molecule has 1 fully saturated rings. The van der Waals surface area contributed by atoms with E-state index in [0.717, 1.165) is 0 Å². The maximum atomic E-state index is 13.7. The summed E-state index contributed by atoms with van der Waals surface area (Å²) in [5, 5.41) is 11.7. The Morgan fingerprint density at radius 2 is 1.91 bits per heavy atom. The van der Waals surface area contributed by atoms with E-state index in [1.54, 1.807) is 0 Å². The number of amides is 1. The number of halogens is 2. The summed E-state index contributed by atoms with van der Waals surface area (Å²) in [5.74, 6) is -3.99. The van der Waals surface area contributed by atoms with Gasteiger partial charge in [0.15, 0.2) is 0 Å². The van der Waals surface area contributed by atoms with Crippen LogP contribution in [0.4, 0.5) is 8.78 Å². The van der Waals surface area contributed by atoms with Crippen LogP contribution >= 0.6 is 0 Å². The van der Waals surface area contributed by atoms with Gasteiger partial charge in [0.05, 0.1) is 5.92 Å². The predicted octanol–water partition coefficient (Wildman–Crippen LogP) is 2.93. The normalized spacial score (nSPS) is 21.1. The molecule has 0 saturated heterocycles. The molecule has 2 N–H and O–H groups in total. The van der Waals surface area contributed by atoms with E-state index in [1.165, 1.54) is 18.2 Å². The van der Waals surface area contributed by atoms with Crippen molar-refractivity contribution in [2.24, 2.45) is 17.8 Å². The molecule has 6 heteroatoms. The lowest BCUT2D eigenvalue weighted by Gasteiger charge is -2.15. The topological polar surface area (TPSA) is 66.4 Å². The number of hydrogen-bond donors (Lipinski definition) is 2. The molecule has 4 nitrogen and oxygen atoms in total. The van der Waals surface area contributed by atoms with Crippen LogP contribution in [0.5, 0.6) is 0 Å². The highest BCUT2D eigenvalue weighted by Crippen LogP contribution is 2.49. The Hall–Kier alpha value is -1.98. The van der Waals surface area contributed by atoms with Gasteiger partial charge in [-0.3, -0.25) is 9.59 Å². The van der Waals surface area contributed by atoms with Gasteiger partial charge in [-0.25, -0.2) is 8.78 Å². The van der Waals surface area contributed by atoms with Crippen LogP contribution in [0, 0.1) is 29.4 Å². The number of carboxylic acid groups (broad SMARTS) is 1. The van der Waals surface area contributed by atoms with E-state index in [1.807, 2.05) is 13.8 Å². The molecule has 2 rings (SSSR count). The monoisotopic (exact) mass is 325 g/mol. The summed E-state index contributed by atoms with van der Waals surface area (Å²) >= 11 is 0. The Bertz CT molecular complexity index is 583. The molecule has 1 aliphatic rings. The fraction of sp³-hybridized carbons (Fsp3) is 0.529. The zero-order valence-corrected chi connectivity index (χ0v) is 13.2. The minimum atomic E-state index is -0.952. The number of benzene rings is 1. The van der Waals surface area contributed by atoms with Crippen LogP contribution < -0.4 is 5.32 Å². The Morgan fingerprint density at radius 3 is 2.43 bits per heavy atom. The van der Waals surface area contributed by atoms with Gasteiger partial charge in [-0.05, 0) is 30.9 Å². The quantitative estimate of drug-likeness (QED) is 0.810. The molecule has 1 aromatic carbocycles. The smallest absolute Gasteiger partial charge is 0.308 e. The van der Waals surface area contributed by atoms with E-state index < -0.39 is 35.4 Å². The summed E-state index contributed by atoms with van der Waals surface area (Å²) in [6.45, 7) is 3.86. The summed E-state index contributed by atoms with van der Waals surface area (Å²) in [7, 11) is 0. The molecule has 1 saturated carbocycles. The lowest BCUT2D eigenvalue weighted by Crippen LogP contribution is -2.34. The highest BCUT2D eigenvalue weighted by atomic mass is 19.1. The van der Waals surface area contributed by atoms with Gasteiger partial charge in [-0.15, -0.1) is 0 Å². The molecule has 0 bridgehead atoms. The molecule has 1 amide bonds. The van der Waals surface area contributed by atoms with Crippen molar-refractivity contribution < 1.29 is 23.5 Å². The minimum Gasteiger partial charge on any atom is -0.481 e.